The molecule has 20 heavy (non-hydrogen) atoms. The van der Waals surface area contributed by atoms with Gasteiger partial charge in [0, 0.05) is 25.6 Å². The first-order valence-electron chi connectivity index (χ1n) is 6.52. The zero-order valence-electron chi connectivity index (χ0n) is 11.2. The fraction of sp³-hybridized carbons (Fsp3) is 0.357. The zero-order valence-corrected chi connectivity index (χ0v) is 12.8. The number of benzene rings is 1. The molecule has 0 unspecified atom stereocenters. The predicted octanol–water partition coefficient (Wildman–Crippen LogP) is 2.47. The maximum absolute atomic E-state index is 5.74. The van der Waals surface area contributed by atoms with Gasteiger partial charge in [-0.25, -0.2) is 0 Å². The molecule has 1 aromatic carbocycles. The highest BCUT2D eigenvalue weighted by atomic mass is 79.9. The molecule has 3 rings (SSSR count). The lowest BCUT2D eigenvalue weighted by Crippen LogP contribution is -2.04. The minimum atomic E-state index is 0.439. The second-order valence-electron chi connectivity index (χ2n) is 4.65. The van der Waals surface area contributed by atoms with Crippen molar-refractivity contribution in [3.8, 4) is 22.8 Å². The van der Waals surface area contributed by atoms with Gasteiger partial charge in [-0.1, -0.05) is 0 Å². The van der Waals surface area contributed by atoms with Crippen LogP contribution in [0.1, 0.15) is 12.1 Å². The second-order valence-corrected chi connectivity index (χ2v) is 5.44. The van der Waals surface area contributed by atoms with Gasteiger partial charge in [0.2, 0.25) is 0 Å². The smallest absolute Gasteiger partial charge is 0.161 e. The third kappa shape index (κ3) is 2.29. The summed E-state index contributed by atoms with van der Waals surface area (Å²) in [4.78, 5) is 0. The summed E-state index contributed by atoms with van der Waals surface area (Å²) in [6.07, 6.45) is 0.897. The number of halogens is 1. The van der Waals surface area contributed by atoms with Crippen LogP contribution in [0.3, 0.4) is 0 Å². The molecule has 1 aromatic heterocycles. The monoisotopic (exact) mass is 337 g/mol. The maximum atomic E-state index is 5.74. The van der Waals surface area contributed by atoms with Crippen LogP contribution >= 0.6 is 15.9 Å². The highest BCUT2D eigenvalue weighted by Crippen LogP contribution is 2.37. The van der Waals surface area contributed by atoms with Crippen molar-refractivity contribution in [2.24, 2.45) is 12.8 Å². The van der Waals surface area contributed by atoms with Crippen LogP contribution in [0.2, 0.25) is 0 Å². The van der Waals surface area contributed by atoms with E-state index in [1.807, 2.05) is 25.2 Å². The fourth-order valence-electron chi connectivity index (χ4n) is 2.25. The Bertz CT molecular complexity index is 640. The standard InChI is InChI=1S/C14H16BrN3O2/c1-18-10(8-16)13(15)14(17-18)9-3-4-11-12(7-9)20-6-2-5-19-11/h3-4,7H,2,5-6,8,16H2,1H3. The summed E-state index contributed by atoms with van der Waals surface area (Å²) in [5.41, 5.74) is 8.55. The molecule has 0 saturated heterocycles. The van der Waals surface area contributed by atoms with Crippen LogP contribution in [-0.2, 0) is 13.6 Å². The molecule has 106 valence electrons. The molecule has 1 aliphatic heterocycles. The average Bonchev–Trinajstić information content (AvgIpc) is 2.64. The second kappa shape index (κ2) is 5.46. The van der Waals surface area contributed by atoms with E-state index in [0.29, 0.717) is 19.8 Å². The van der Waals surface area contributed by atoms with Gasteiger partial charge in [0.15, 0.2) is 11.5 Å². The quantitative estimate of drug-likeness (QED) is 0.914. The van der Waals surface area contributed by atoms with Crippen LogP contribution in [0, 0.1) is 0 Å². The number of aromatic nitrogens is 2. The van der Waals surface area contributed by atoms with E-state index in [2.05, 4.69) is 21.0 Å². The van der Waals surface area contributed by atoms with Crippen LogP contribution < -0.4 is 15.2 Å². The molecule has 2 aromatic rings. The average molecular weight is 338 g/mol. The number of hydrogen-bond acceptors (Lipinski definition) is 4. The van der Waals surface area contributed by atoms with Crippen molar-refractivity contribution in [2.45, 2.75) is 13.0 Å². The molecule has 0 atom stereocenters. The van der Waals surface area contributed by atoms with Gasteiger partial charge in [0.25, 0.3) is 0 Å². The Kier molecular flexibility index (Phi) is 3.67. The van der Waals surface area contributed by atoms with E-state index in [1.54, 1.807) is 4.68 Å². The molecule has 6 heteroatoms. The topological polar surface area (TPSA) is 62.3 Å². The zero-order chi connectivity index (χ0) is 14.1. The van der Waals surface area contributed by atoms with Gasteiger partial charge in [-0.05, 0) is 34.1 Å². The number of rotatable bonds is 2. The van der Waals surface area contributed by atoms with Gasteiger partial charge >= 0.3 is 0 Å². The van der Waals surface area contributed by atoms with Crippen molar-refractivity contribution in [1.29, 1.82) is 0 Å². The van der Waals surface area contributed by atoms with Crippen molar-refractivity contribution in [3.05, 3.63) is 28.4 Å². The minimum Gasteiger partial charge on any atom is -0.490 e. The molecular formula is C14H16BrN3O2. The molecule has 0 saturated carbocycles. The van der Waals surface area contributed by atoms with Crippen LogP contribution in [-0.4, -0.2) is 23.0 Å². The lowest BCUT2D eigenvalue weighted by Gasteiger charge is -2.08. The van der Waals surface area contributed by atoms with E-state index in [4.69, 9.17) is 15.2 Å². The minimum absolute atomic E-state index is 0.439. The van der Waals surface area contributed by atoms with Crippen molar-refractivity contribution in [3.63, 3.8) is 0 Å². The third-order valence-corrected chi connectivity index (χ3v) is 4.15. The Morgan fingerprint density at radius 1 is 1.30 bits per heavy atom. The van der Waals surface area contributed by atoms with Gasteiger partial charge in [-0.3, -0.25) is 4.68 Å². The number of nitrogens with zero attached hydrogens (tertiary/aromatic N) is 2. The number of fused-ring (bicyclic) bond motifs is 1. The lowest BCUT2D eigenvalue weighted by molar-refractivity contribution is 0.297. The number of aryl methyl sites for hydroxylation is 1. The van der Waals surface area contributed by atoms with Crippen LogP contribution in [0.15, 0.2) is 22.7 Å². The summed E-state index contributed by atoms with van der Waals surface area (Å²) >= 11 is 3.58. The molecule has 0 bridgehead atoms. The van der Waals surface area contributed by atoms with E-state index < -0.39 is 0 Å². The van der Waals surface area contributed by atoms with Gasteiger partial charge in [-0.15, -0.1) is 0 Å². The van der Waals surface area contributed by atoms with Crippen LogP contribution in [0.4, 0.5) is 0 Å². The Hall–Kier alpha value is -1.53. The third-order valence-electron chi connectivity index (χ3n) is 3.32. The first-order chi connectivity index (χ1) is 9.70. The highest BCUT2D eigenvalue weighted by molar-refractivity contribution is 9.10. The normalized spacial score (nSPS) is 14.2. The van der Waals surface area contributed by atoms with E-state index in [1.165, 1.54) is 0 Å². The molecule has 5 nitrogen and oxygen atoms in total. The van der Waals surface area contributed by atoms with Crippen molar-refractivity contribution in [1.82, 2.24) is 9.78 Å². The molecule has 0 spiro atoms. The molecule has 2 heterocycles. The molecule has 0 radical (unpaired) electrons. The predicted molar refractivity (Wildman–Crippen MR) is 79.8 cm³/mol. The van der Waals surface area contributed by atoms with Crippen molar-refractivity contribution >= 4 is 15.9 Å². The van der Waals surface area contributed by atoms with E-state index in [0.717, 1.165) is 39.3 Å². The summed E-state index contributed by atoms with van der Waals surface area (Å²) in [5, 5.41) is 4.52. The first-order valence-corrected chi connectivity index (χ1v) is 7.31. The summed E-state index contributed by atoms with van der Waals surface area (Å²) in [6, 6.07) is 5.88. The molecule has 0 aliphatic carbocycles. The molecule has 1 aliphatic rings. The van der Waals surface area contributed by atoms with E-state index in [9.17, 15) is 0 Å². The number of ether oxygens (including phenoxy) is 2. The van der Waals surface area contributed by atoms with E-state index in [-0.39, 0.29) is 0 Å². The number of nitrogens with two attached hydrogens (primary N) is 1. The Balaban J connectivity index is 2.05. The van der Waals surface area contributed by atoms with Gasteiger partial charge < -0.3 is 15.2 Å². The summed E-state index contributed by atoms with van der Waals surface area (Å²) < 4.78 is 14.1. The lowest BCUT2D eigenvalue weighted by atomic mass is 10.1. The maximum Gasteiger partial charge on any atom is 0.161 e. The largest absolute Gasteiger partial charge is 0.490 e. The fourth-order valence-corrected chi connectivity index (χ4v) is 2.98. The SMILES string of the molecule is Cn1nc(-c2ccc3c(c2)OCCCO3)c(Br)c1CN. The first kappa shape index (κ1) is 13.5. The van der Waals surface area contributed by atoms with Crippen LogP contribution in [0.5, 0.6) is 11.5 Å². The van der Waals surface area contributed by atoms with E-state index >= 15 is 0 Å². The highest BCUT2D eigenvalue weighted by Gasteiger charge is 2.17. The molecule has 0 amide bonds. The Morgan fingerprint density at radius 2 is 2.05 bits per heavy atom. The van der Waals surface area contributed by atoms with Crippen molar-refractivity contribution in [2.75, 3.05) is 13.2 Å². The molecule has 2 N–H and O–H groups in total. The van der Waals surface area contributed by atoms with Gasteiger partial charge in [0.1, 0.15) is 5.69 Å². The molecular weight excluding hydrogens is 322 g/mol. The molecule has 0 fully saturated rings. The summed E-state index contributed by atoms with van der Waals surface area (Å²) in [7, 11) is 1.89. The number of hydrogen-bond donors (Lipinski definition) is 1. The Labute approximate surface area is 125 Å². The Morgan fingerprint density at radius 3 is 2.75 bits per heavy atom. The van der Waals surface area contributed by atoms with Gasteiger partial charge in [-0.2, -0.15) is 5.10 Å². The summed E-state index contributed by atoms with van der Waals surface area (Å²) in [6.45, 7) is 1.81. The summed E-state index contributed by atoms with van der Waals surface area (Å²) in [5.74, 6) is 1.56. The van der Waals surface area contributed by atoms with Gasteiger partial charge in [0.05, 0.1) is 23.4 Å². The van der Waals surface area contributed by atoms with Crippen LogP contribution in [0.25, 0.3) is 11.3 Å². The van der Waals surface area contributed by atoms with Crippen molar-refractivity contribution < 1.29 is 9.47 Å².